The van der Waals surface area contributed by atoms with E-state index >= 15 is 0 Å². The van der Waals surface area contributed by atoms with E-state index in [1.54, 1.807) is 41.3 Å². The third-order valence-corrected chi connectivity index (χ3v) is 9.16. The second-order valence-electron chi connectivity index (χ2n) is 12.3. The van der Waals surface area contributed by atoms with E-state index in [9.17, 15) is 17.6 Å². The number of fused-ring (bicyclic) bond motifs is 1. The SMILES string of the molecule is COc1ccc(F)cc1-c1ccnc2c1cc(C1=CC(C)(C)N(C(=O)OC(C)(C)C)CC1)n2S(=O)(=O)c1ccc(C)cc1. The third kappa shape index (κ3) is 5.76. The van der Waals surface area contributed by atoms with E-state index in [1.807, 2.05) is 47.6 Å². The van der Waals surface area contributed by atoms with Crippen LogP contribution in [0.4, 0.5) is 9.18 Å². The molecule has 2 aromatic carbocycles. The van der Waals surface area contributed by atoms with E-state index in [2.05, 4.69) is 4.98 Å². The lowest BCUT2D eigenvalue weighted by atomic mass is 9.91. The van der Waals surface area contributed by atoms with Crippen molar-refractivity contribution < 1.29 is 27.1 Å². The van der Waals surface area contributed by atoms with Crippen molar-refractivity contribution in [3.05, 3.63) is 83.9 Å². The Morgan fingerprint density at radius 1 is 1.02 bits per heavy atom. The number of methoxy groups -OCH3 is 1. The first-order valence-electron chi connectivity index (χ1n) is 14.0. The fourth-order valence-electron chi connectivity index (χ4n) is 5.43. The summed E-state index contributed by atoms with van der Waals surface area (Å²) in [5.41, 5.74) is 1.88. The van der Waals surface area contributed by atoms with Crippen molar-refractivity contribution in [3.63, 3.8) is 0 Å². The zero-order valence-corrected chi connectivity index (χ0v) is 26.3. The van der Waals surface area contributed by atoms with Crippen molar-refractivity contribution in [3.8, 4) is 16.9 Å². The topological polar surface area (TPSA) is 90.7 Å². The number of carbonyl (C=O) groups excluding carboxylic acids is 1. The summed E-state index contributed by atoms with van der Waals surface area (Å²) < 4.78 is 55.5. The summed E-state index contributed by atoms with van der Waals surface area (Å²) in [7, 11) is -2.63. The van der Waals surface area contributed by atoms with Gasteiger partial charge >= 0.3 is 6.09 Å². The number of aryl methyl sites for hydroxylation is 1. The number of amides is 1. The van der Waals surface area contributed by atoms with Gasteiger partial charge in [-0.05, 0) is 102 Å². The molecule has 0 saturated carbocycles. The van der Waals surface area contributed by atoms with Gasteiger partial charge in [-0.25, -0.2) is 26.6 Å². The zero-order valence-electron chi connectivity index (χ0n) is 25.4. The summed E-state index contributed by atoms with van der Waals surface area (Å²) >= 11 is 0. The van der Waals surface area contributed by atoms with Crippen LogP contribution < -0.4 is 4.74 Å². The van der Waals surface area contributed by atoms with Gasteiger partial charge in [0, 0.05) is 23.7 Å². The van der Waals surface area contributed by atoms with Crippen LogP contribution in [-0.4, -0.2) is 53.2 Å². The molecule has 4 aromatic rings. The highest BCUT2D eigenvalue weighted by Gasteiger charge is 2.37. The smallest absolute Gasteiger partial charge is 0.410 e. The number of halogens is 1. The van der Waals surface area contributed by atoms with Crippen LogP contribution >= 0.6 is 0 Å². The van der Waals surface area contributed by atoms with Crippen LogP contribution in [0.25, 0.3) is 27.7 Å². The Hall–Kier alpha value is -4.18. The van der Waals surface area contributed by atoms with Gasteiger partial charge in [0.05, 0.1) is 23.2 Å². The first kappa shape index (κ1) is 30.3. The quantitative estimate of drug-likeness (QED) is 0.239. The lowest BCUT2D eigenvalue weighted by Gasteiger charge is -2.41. The highest BCUT2D eigenvalue weighted by molar-refractivity contribution is 7.90. The fraction of sp³-hybridized carbons (Fsp3) is 0.333. The van der Waals surface area contributed by atoms with Gasteiger partial charge in [-0.3, -0.25) is 4.90 Å². The number of pyridine rings is 1. The summed E-state index contributed by atoms with van der Waals surface area (Å²) in [5, 5.41) is 0.519. The van der Waals surface area contributed by atoms with Crippen molar-refractivity contribution >= 4 is 32.7 Å². The summed E-state index contributed by atoms with van der Waals surface area (Å²) in [6, 6.07) is 14.3. The molecule has 0 unspecified atom stereocenters. The van der Waals surface area contributed by atoms with Crippen molar-refractivity contribution in [1.82, 2.24) is 13.9 Å². The van der Waals surface area contributed by atoms with Crippen molar-refractivity contribution in [2.45, 2.75) is 64.0 Å². The molecule has 5 rings (SSSR count). The first-order chi connectivity index (χ1) is 20.1. The maximum atomic E-state index is 14.5. The fourth-order valence-corrected chi connectivity index (χ4v) is 6.92. The Labute approximate surface area is 251 Å². The average molecular weight is 606 g/mol. The van der Waals surface area contributed by atoms with Crippen LogP contribution in [0.5, 0.6) is 5.75 Å². The van der Waals surface area contributed by atoms with Crippen molar-refractivity contribution in [2.75, 3.05) is 13.7 Å². The molecule has 0 fully saturated rings. The molecule has 0 N–H and O–H groups in total. The highest BCUT2D eigenvalue weighted by atomic mass is 32.2. The number of nitrogens with zero attached hydrogens (tertiary/aromatic N) is 3. The molecule has 2 aromatic heterocycles. The van der Waals surface area contributed by atoms with Gasteiger partial charge in [-0.1, -0.05) is 23.8 Å². The molecule has 0 radical (unpaired) electrons. The Bertz CT molecular complexity index is 1850. The summed E-state index contributed by atoms with van der Waals surface area (Å²) in [4.78, 5) is 19.3. The largest absolute Gasteiger partial charge is 0.496 e. The predicted octanol–water partition coefficient (Wildman–Crippen LogP) is 7.20. The summed E-state index contributed by atoms with van der Waals surface area (Å²) in [6.45, 7) is 11.4. The van der Waals surface area contributed by atoms with Gasteiger partial charge in [0.2, 0.25) is 0 Å². The second-order valence-corrected chi connectivity index (χ2v) is 14.0. The van der Waals surface area contributed by atoms with Crippen LogP contribution in [0.1, 0.15) is 52.3 Å². The van der Waals surface area contributed by atoms with E-state index in [1.165, 1.54) is 35.5 Å². The molecule has 226 valence electrons. The van der Waals surface area contributed by atoms with E-state index in [0.29, 0.717) is 40.9 Å². The van der Waals surface area contributed by atoms with E-state index < -0.39 is 33.1 Å². The molecule has 0 spiro atoms. The second kappa shape index (κ2) is 10.8. The van der Waals surface area contributed by atoms with Crippen LogP contribution in [0.15, 0.2) is 71.8 Å². The number of benzene rings is 2. The maximum absolute atomic E-state index is 14.5. The van der Waals surface area contributed by atoms with E-state index in [-0.39, 0.29) is 10.5 Å². The Balaban J connectivity index is 1.76. The highest BCUT2D eigenvalue weighted by Crippen LogP contribution is 2.41. The minimum Gasteiger partial charge on any atom is -0.496 e. The minimum atomic E-state index is -4.13. The van der Waals surface area contributed by atoms with Gasteiger partial charge < -0.3 is 9.47 Å². The van der Waals surface area contributed by atoms with Gasteiger partial charge in [0.15, 0.2) is 5.65 Å². The van der Waals surface area contributed by atoms with Crippen LogP contribution in [0.3, 0.4) is 0 Å². The van der Waals surface area contributed by atoms with Gasteiger partial charge in [-0.15, -0.1) is 0 Å². The van der Waals surface area contributed by atoms with Crippen molar-refractivity contribution in [2.24, 2.45) is 0 Å². The molecule has 10 heteroatoms. The number of ether oxygens (including phenoxy) is 2. The predicted molar refractivity (Wildman–Crippen MR) is 165 cm³/mol. The first-order valence-corrected chi connectivity index (χ1v) is 15.5. The lowest BCUT2D eigenvalue weighted by molar-refractivity contribution is 0.00991. The number of rotatable bonds is 5. The zero-order chi connectivity index (χ0) is 31.3. The standard InChI is InChI=1S/C33H36FN3O5S/c1-21-8-11-24(12-9-21)43(39,40)37-28(22-15-17-36(33(5,6)20-22)31(38)42-32(2,3)4)19-27-25(14-16-35-30(27)37)26-18-23(34)10-13-29(26)41-7/h8-14,16,18-20H,15,17H2,1-7H3. The van der Waals surface area contributed by atoms with Gasteiger partial charge in [-0.2, -0.15) is 0 Å². The molecule has 0 saturated heterocycles. The molecule has 0 atom stereocenters. The van der Waals surface area contributed by atoms with Crippen LogP contribution in [-0.2, 0) is 14.8 Å². The van der Waals surface area contributed by atoms with Crippen molar-refractivity contribution in [1.29, 1.82) is 0 Å². The number of aromatic nitrogens is 2. The molecular weight excluding hydrogens is 569 g/mol. The molecule has 1 aliphatic rings. The Morgan fingerprint density at radius 2 is 1.72 bits per heavy atom. The summed E-state index contributed by atoms with van der Waals surface area (Å²) in [5.74, 6) is -0.0118. The Morgan fingerprint density at radius 3 is 2.35 bits per heavy atom. The normalized spacial score (nSPS) is 15.3. The monoisotopic (exact) mass is 605 g/mol. The molecule has 43 heavy (non-hydrogen) atoms. The number of hydrogen-bond donors (Lipinski definition) is 0. The lowest BCUT2D eigenvalue weighted by Crippen LogP contribution is -2.51. The van der Waals surface area contributed by atoms with E-state index in [4.69, 9.17) is 9.47 Å². The Kier molecular flexibility index (Phi) is 7.62. The maximum Gasteiger partial charge on any atom is 0.410 e. The van der Waals surface area contributed by atoms with Gasteiger partial charge in [0.25, 0.3) is 10.0 Å². The molecule has 1 amide bonds. The molecule has 8 nitrogen and oxygen atoms in total. The molecule has 0 bridgehead atoms. The summed E-state index contributed by atoms with van der Waals surface area (Å²) in [6.07, 6.45) is 3.35. The molecule has 3 heterocycles. The number of hydrogen-bond acceptors (Lipinski definition) is 6. The van der Waals surface area contributed by atoms with Crippen LogP contribution in [0.2, 0.25) is 0 Å². The third-order valence-electron chi connectivity index (χ3n) is 7.44. The van der Waals surface area contributed by atoms with Crippen LogP contribution in [0, 0.1) is 12.7 Å². The molecule has 1 aliphatic heterocycles. The van der Waals surface area contributed by atoms with E-state index in [0.717, 1.165) is 11.1 Å². The average Bonchev–Trinajstić information content (AvgIpc) is 3.32. The number of carbonyl (C=O) groups is 1. The van der Waals surface area contributed by atoms with Gasteiger partial charge in [0.1, 0.15) is 17.2 Å². The minimum absolute atomic E-state index is 0.110. The molecule has 0 aliphatic carbocycles. The molecular formula is C33H36FN3O5S.